The molecule has 2 fully saturated rings. The number of amides is 1. The Morgan fingerprint density at radius 2 is 1.63 bits per heavy atom. The highest BCUT2D eigenvalue weighted by Gasteiger charge is 2.41. The number of halogens is 1. The second-order valence-electron chi connectivity index (χ2n) is 7.85. The van der Waals surface area contributed by atoms with Gasteiger partial charge in [-0.15, -0.1) is 0 Å². The maximum absolute atomic E-state index is 14.0. The molecule has 2 aromatic rings. The molecule has 160 valence electrons. The predicted molar refractivity (Wildman–Crippen MR) is 113 cm³/mol. The number of piperazine rings is 1. The van der Waals surface area contributed by atoms with Crippen LogP contribution in [0.5, 0.6) is 0 Å². The lowest BCUT2D eigenvalue weighted by Crippen LogP contribution is -2.54. The Morgan fingerprint density at radius 3 is 2.30 bits per heavy atom. The molecular formula is C22H26FN3O3S. The first-order valence-electron chi connectivity index (χ1n) is 10.2. The van der Waals surface area contributed by atoms with Crippen LogP contribution in [0.2, 0.25) is 0 Å². The van der Waals surface area contributed by atoms with Crippen LogP contribution in [-0.4, -0.2) is 62.3 Å². The van der Waals surface area contributed by atoms with Gasteiger partial charge in [0.15, 0.2) is 0 Å². The zero-order valence-electron chi connectivity index (χ0n) is 17.0. The van der Waals surface area contributed by atoms with Crippen molar-refractivity contribution in [2.75, 3.05) is 37.6 Å². The van der Waals surface area contributed by atoms with Crippen molar-refractivity contribution in [3.05, 3.63) is 59.9 Å². The third kappa shape index (κ3) is 3.94. The van der Waals surface area contributed by atoms with E-state index in [4.69, 9.17) is 0 Å². The molecule has 4 rings (SSSR count). The van der Waals surface area contributed by atoms with E-state index in [1.54, 1.807) is 47.4 Å². The summed E-state index contributed by atoms with van der Waals surface area (Å²) in [5.41, 5.74) is 1.52. The summed E-state index contributed by atoms with van der Waals surface area (Å²) in [6.07, 6.45) is 1.19. The molecule has 30 heavy (non-hydrogen) atoms. The van der Waals surface area contributed by atoms with Gasteiger partial charge in [-0.2, -0.15) is 4.31 Å². The maximum atomic E-state index is 14.0. The summed E-state index contributed by atoms with van der Waals surface area (Å²) in [6.45, 7) is 4.18. The van der Waals surface area contributed by atoms with Crippen molar-refractivity contribution in [3.8, 4) is 0 Å². The Bertz CT molecular complexity index is 1020. The summed E-state index contributed by atoms with van der Waals surface area (Å²) in [5.74, 6) is -0.431. The van der Waals surface area contributed by atoms with Crippen LogP contribution in [0.15, 0.2) is 53.4 Å². The summed E-state index contributed by atoms with van der Waals surface area (Å²) in [7, 11) is -3.72. The quantitative estimate of drug-likeness (QED) is 0.747. The molecule has 0 radical (unpaired) electrons. The fraction of sp³-hybridized carbons (Fsp3) is 0.409. The predicted octanol–water partition coefficient (Wildman–Crippen LogP) is 2.64. The van der Waals surface area contributed by atoms with Crippen LogP contribution in [0.1, 0.15) is 18.4 Å². The van der Waals surface area contributed by atoms with Gasteiger partial charge in [-0.1, -0.05) is 29.8 Å². The van der Waals surface area contributed by atoms with E-state index < -0.39 is 16.1 Å². The number of aryl methyl sites for hydroxylation is 1. The molecule has 0 aromatic heterocycles. The Morgan fingerprint density at radius 1 is 0.967 bits per heavy atom. The summed E-state index contributed by atoms with van der Waals surface area (Å²) in [5, 5.41) is 0. The molecule has 0 spiro atoms. The van der Waals surface area contributed by atoms with E-state index in [2.05, 4.69) is 0 Å². The molecule has 8 heteroatoms. The van der Waals surface area contributed by atoms with E-state index in [9.17, 15) is 17.6 Å². The molecule has 6 nitrogen and oxygen atoms in total. The lowest BCUT2D eigenvalue weighted by molar-refractivity contribution is -0.134. The number of rotatable bonds is 4. The molecule has 2 aromatic carbocycles. The first-order valence-corrected chi connectivity index (χ1v) is 11.7. The number of carbonyl (C=O) groups excluding carboxylic acids is 1. The zero-order valence-corrected chi connectivity index (χ0v) is 17.8. The average Bonchev–Trinajstić information content (AvgIpc) is 3.25. The van der Waals surface area contributed by atoms with Gasteiger partial charge < -0.3 is 9.80 Å². The number of anilines is 1. The molecule has 0 bridgehead atoms. The highest BCUT2D eigenvalue weighted by Crippen LogP contribution is 2.28. The van der Waals surface area contributed by atoms with Crippen molar-refractivity contribution in [3.63, 3.8) is 0 Å². The van der Waals surface area contributed by atoms with E-state index in [-0.39, 0.29) is 16.6 Å². The second-order valence-corrected chi connectivity index (χ2v) is 9.74. The topological polar surface area (TPSA) is 60.9 Å². The van der Waals surface area contributed by atoms with Crippen LogP contribution >= 0.6 is 0 Å². The van der Waals surface area contributed by atoms with Crippen LogP contribution < -0.4 is 4.90 Å². The minimum absolute atomic E-state index is 0.156. The number of para-hydroxylation sites is 1. The molecule has 0 unspecified atom stereocenters. The van der Waals surface area contributed by atoms with Gasteiger partial charge in [-0.3, -0.25) is 4.79 Å². The fourth-order valence-corrected chi connectivity index (χ4v) is 5.86. The number of sulfonamides is 1. The largest absolute Gasteiger partial charge is 0.366 e. The Balaban J connectivity index is 1.45. The van der Waals surface area contributed by atoms with Crippen LogP contribution in [0.4, 0.5) is 10.1 Å². The summed E-state index contributed by atoms with van der Waals surface area (Å²) < 4.78 is 41.6. The molecule has 2 heterocycles. The van der Waals surface area contributed by atoms with E-state index in [0.29, 0.717) is 51.3 Å². The first-order chi connectivity index (χ1) is 14.4. The van der Waals surface area contributed by atoms with Gasteiger partial charge in [-0.25, -0.2) is 12.8 Å². The number of hydrogen-bond acceptors (Lipinski definition) is 4. The van der Waals surface area contributed by atoms with Crippen molar-refractivity contribution in [1.82, 2.24) is 9.21 Å². The lowest BCUT2D eigenvalue weighted by atomic mass is 10.1. The van der Waals surface area contributed by atoms with Crippen LogP contribution in [0.3, 0.4) is 0 Å². The number of hydrogen-bond donors (Lipinski definition) is 0. The molecular weight excluding hydrogens is 405 g/mol. The van der Waals surface area contributed by atoms with E-state index in [0.717, 1.165) is 5.56 Å². The van der Waals surface area contributed by atoms with Gasteiger partial charge in [0.1, 0.15) is 11.9 Å². The fourth-order valence-electron chi connectivity index (χ4n) is 4.21. The minimum Gasteiger partial charge on any atom is -0.366 e. The molecule has 2 saturated heterocycles. The minimum atomic E-state index is -3.72. The number of nitrogens with zero attached hydrogens (tertiary/aromatic N) is 3. The Kier molecular flexibility index (Phi) is 5.79. The van der Waals surface area contributed by atoms with Gasteiger partial charge in [0.05, 0.1) is 10.6 Å². The van der Waals surface area contributed by atoms with Crippen molar-refractivity contribution in [2.45, 2.75) is 30.7 Å². The standard InChI is InChI=1S/C22H26FN3O3S/c1-17-8-10-18(11-9-17)30(28,29)26-12-4-7-21(26)22(27)25-15-13-24(14-16-25)20-6-3-2-5-19(20)23/h2-3,5-6,8-11,21H,4,7,12-16H2,1H3/t21-/m0/s1. The third-order valence-corrected chi connectivity index (χ3v) is 7.82. The summed E-state index contributed by atoms with van der Waals surface area (Å²) in [6, 6.07) is 12.7. The monoisotopic (exact) mass is 431 g/mol. The molecule has 0 N–H and O–H groups in total. The zero-order chi connectivity index (χ0) is 21.3. The second kappa shape index (κ2) is 8.35. The van der Waals surface area contributed by atoms with E-state index in [1.807, 2.05) is 11.8 Å². The van der Waals surface area contributed by atoms with Crippen LogP contribution in [-0.2, 0) is 14.8 Å². The van der Waals surface area contributed by atoms with Gasteiger partial charge >= 0.3 is 0 Å². The van der Waals surface area contributed by atoms with Crippen molar-refractivity contribution >= 4 is 21.6 Å². The van der Waals surface area contributed by atoms with Crippen molar-refractivity contribution < 1.29 is 17.6 Å². The highest BCUT2D eigenvalue weighted by atomic mass is 32.2. The van der Waals surface area contributed by atoms with Crippen molar-refractivity contribution in [2.24, 2.45) is 0 Å². The smallest absolute Gasteiger partial charge is 0.243 e. The number of carbonyl (C=O) groups is 1. The molecule has 0 saturated carbocycles. The summed E-state index contributed by atoms with van der Waals surface area (Å²) in [4.78, 5) is 17.0. The maximum Gasteiger partial charge on any atom is 0.243 e. The SMILES string of the molecule is Cc1ccc(S(=O)(=O)N2CCC[C@H]2C(=O)N2CCN(c3ccccc3F)CC2)cc1. The normalized spacial score (nSPS) is 20.5. The first kappa shape index (κ1) is 20.8. The summed E-state index contributed by atoms with van der Waals surface area (Å²) >= 11 is 0. The van der Waals surface area contributed by atoms with Gasteiger partial charge in [-0.05, 0) is 44.0 Å². The molecule has 1 atom stereocenters. The van der Waals surface area contributed by atoms with Crippen molar-refractivity contribution in [1.29, 1.82) is 0 Å². The Labute approximate surface area is 176 Å². The van der Waals surface area contributed by atoms with Crippen LogP contribution in [0, 0.1) is 12.7 Å². The Hall–Kier alpha value is -2.45. The molecule has 0 aliphatic carbocycles. The third-order valence-electron chi connectivity index (χ3n) is 5.90. The van der Waals surface area contributed by atoms with Gasteiger partial charge in [0.25, 0.3) is 0 Å². The highest BCUT2D eigenvalue weighted by molar-refractivity contribution is 7.89. The van der Waals surface area contributed by atoms with E-state index >= 15 is 0 Å². The molecule has 2 aliphatic rings. The molecule has 2 aliphatic heterocycles. The van der Waals surface area contributed by atoms with E-state index in [1.165, 1.54) is 10.4 Å². The van der Waals surface area contributed by atoms with Crippen LogP contribution in [0.25, 0.3) is 0 Å². The number of benzene rings is 2. The lowest BCUT2D eigenvalue weighted by Gasteiger charge is -2.38. The van der Waals surface area contributed by atoms with Gasteiger partial charge in [0, 0.05) is 32.7 Å². The average molecular weight is 432 g/mol. The van der Waals surface area contributed by atoms with Gasteiger partial charge in [0.2, 0.25) is 15.9 Å². The molecule has 1 amide bonds.